The third-order valence-corrected chi connectivity index (χ3v) is 4.96. The fourth-order valence-electron chi connectivity index (χ4n) is 2.75. The normalized spacial score (nSPS) is 23.9. The van der Waals surface area contributed by atoms with Crippen LogP contribution in [0.15, 0.2) is 0 Å². The molecule has 0 bridgehead atoms. The highest BCUT2D eigenvalue weighted by Gasteiger charge is 2.54. The maximum atomic E-state index is 12.7. The van der Waals surface area contributed by atoms with Crippen molar-refractivity contribution in [3.63, 3.8) is 0 Å². The molecule has 0 unspecified atom stereocenters. The number of hydrogen-bond donors (Lipinski definition) is 0. The molecule has 1 aliphatic carbocycles. The van der Waals surface area contributed by atoms with Crippen molar-refractivity contribution in [2.24, 2.45) is 16.2 Å². The molecule has 0 atom stereocenters. The quantitative estimate of drug-likeness (QED) is 0.588. The Hall–Kier alpha value is -1.65. The molecular weight excluding hydrogens is 296 g/mol. The van der Waals surface area contributed by atoms with Crippen LogP contribution in [0.3, 0.4) is 0 Å². The van der Waals surface area contributed by atoms with Crippen molar-refractivity contribution < 1.29 is 24.0 Å². The van der Waals surface area contributed by atoms with Crippen molar-refractivity contribution in [1.82, 2.24) is 0 Å². The summed E-state index contributed by atoms with van der Waals surface area (Å²) in [6.45, 7) is 9.46. The van der Waals surface area contributed by atoms with E-state index in [0.717, 1.165) is 0 Å². The summed E-state index contributed by atoms with van der Waals surface area (Å²) < 4.78 is 0. The number of hydrogen-bond acceptors (Lipinski definition) is 5. The van der Waals surface area contributed by atoms with Crippen molar-refractivity contribution in [3.8, 4) is 0 Å². The highest BCUT2D eigenvalue weighted by molar-refractivity contribution is 6.53. The van der Waals surface area contributed by atoms with Crippen LogP contribution in [0.1, 0.15) is 67.2 Å². The first-order chi connectivity index (χ1) is 10.3. The van der Waals surface area contributed by atoms with Gasteiger partial charge in [-0.15, -0.1) is 0 Å². The van der Waals surface area contributed by atoms with Gasteiger partial charge < -0.3 is 0 Å². The third kappa shape index (κ3) is 3.48. The molecule has 0 spiro atoms. The van der Waals surface area contributed by atoms with E-state index in [0.29, 0.717) is 12.8 Å². The van der Waals surface area contributed by atoms with Gasteiger partial charge in [-0.05, 0) is 19.8 Å². The summed E-state index contributed by atoms with van der Waals surface area (Å²) in [7, 11) is 0. The Morgan fingerprint density at radius 1 is 0.783 bits per heavy atom. The Labute approximate surface area is 137 Å². The van der Waals surface area contributed by atoms with E-state index in [1.807, 2.05) is 0 Å². The zero-order chi connectivity index (χ0) is 18.2. The van der Waals surface area contributed by atoms with Crippen molar-refractivity contribution in [2.75, 3.05) is 0 Å². The molecule has 0 aromatic heterocycles. The molecule has 1 saturated carbocycles. The van der Waals surface area contributed by atoms with Crippen LogP contribution in [0.25, 0.3) is 0 Å². The summed E-state index contributed by atoms with van der Waals surface area (Å²) in [5, 5.41) is 0. The highest BCUT2D eigenvalue weighted by atomic mass is 16.2. The SMILES string of the molecule is CCC(=O)CC1(C)C(=O)C(=O)C(C)(C)CCC(C)(C)C(=O)C1=O. The minimum atomic E-state index is -1.89. The van der Waals surface area contributed by atoms with E-state index in [-0.39, 0.29) is 12.2 Å². The second-order valence-corrected chi connectivity index (χ2v) is 7.99. The van der Waals surface area contributed by atoms with Gasteiger partial charge in [0.25, 0.3) is 0 Å². The van der Waals surface area contributed by atoms with E-state index >= 15 is 0 Å². The van der Waals surface area contributed by atoms with Crippen LogP contribution in [-0.4, -0.2) is 28.9 Å². The molecule has 23 heavy (non-hydrogen) atoms. The van der Waals surface area contributed by atoms with Crippen LogP contribution in [0.5, 0.6) is 0 Å². The van der Waals surface area contributed by atoms with Gasteiger partial charge in [-0.1, -0.05) is 34.6 Å². The fourth-order valence-corrected chi connectivity index (χ4v) is 2.75. The van der Waals surface area contributed by atoms with Gasteiger partial charge in [0.15, 0.2) is 0 Å². The molecule has 5 nitrogen and oxygen atoms in total. The molecule has 0 amide bonds. The Kier molecular flexibility index (Phi) is 5.14. The lowest BCUT2D eigenvalue weighted by molar-refractivity contribution is -0.156. The molecular formula is C18H26O5. The van der Waals surface area contributed by atoms with Gasteiger partial charge >= 0.3 is 0 Å². The lowest BCUT2D eigenvalue weighted by atomic mass is 9.69. The molecule has 0 aromatic carbocycles. The summed E-state index contributed by atoms with van der Waals surface area (Å²) in [4.78, 5) is 62.5. The average molecular weight is 322 g/mol. The average Bonchev–Trinajstić information content (AvgIpc) is 2.49. The van der Waals surface area contributed by atoms with Crippen LogP contribution >= 0.6 is 0 Å². The van der Waals surface area contributed by atoms with Crippen LogP contribution in [0, 0.1) is 16.2 Å². The number of carbonyl (C=O) groups excluding carboxylic acids is 5. The summed E-state index contributed by atoms with van der Waals surface area (Å²) in [6.07, 6.45) is 0.416. The minimum Gasteiger partial charge on any atom is -0.300 e. The number of carbonyl (C=O) groups is 5. The van der Waals surface area contributed by atoms with E-state index in [1.165, 1.54) is 6.92 Å². The Morgan fingerprint density at radius 3 is 1.43 bits per heavy atom. The van der Waals surface area contributed by atoms with Gasteiger partial charge in [0.2, 0.25) is 23.1 Å². The van der Waals surface area contributed by atoms with Crippen LogP contribution < -0.4 is 0 Å². The van der Waals surface area contributed by atoms with Gasteiger partial charge in [-0.3, -0.25) is 24.0 Å². The standard InChI is InChI=1S/C18H26O5/c1-7-11(19)10-18(6)14(22)12(20)16(2,3)8-9-17(4,5)13(21)15(18)23/h7-10H2,1-6H3. The van der Waals surface area contributed by atoms with Crippen LogP contribution in [0.2, 0.25) is 0 Å². The van der Waals surface area contributed by atoms with Gasteiger partial charge in [0.1, 0.15) is 11.2 Å². The first kappa shape index (κ1) is 19.4. The van der Waals surface area contributed by atoms with Crippen LogP contribution in [-0.2, 0) is 24.0 Å². The van der Waals surface area contributed by atoms with E-state index in [9.17, 15) is 24.0 Å². The molecule has 1 fully saturated rings. The van der Waals surface area contributed by atoms with Crippen molar-refractivity contribution >= 4 is 28.9 Å². The Balaban J connectivity index is 3.52. The van der Waals surface area contributed by atoms with E-state index < -0.39 is 45.8 Å². The molecule has 0 N–H and O–H groups in total. The summed E-state index contributed by atoms with van der Waals surface area (Å²) in [6, 6.07) is 0. The zero-order valence-electron chi connectivity index (χ0n) is 14.9. The molecule has 0 saturated heterocycles. The minimum absolute atomic E-state index is 0.144. The predicted octanol–water partition coefficient (Wildman–Crippen LogP) is 2.48. The molecule has 0 heterocycles. The monoisotopic (exact) mass is 322 g/mol. The maximum absolute atomic E-state index is 12.7. The lowest BCUT2D eigenvalue weighted by Crippen LogP contribution is -2.49. The van der Waals surface area contributed by atoms with Crippen molar-refractivity contribution in [3.05, 3.63) is 0 Å². The number of rotatable bonds is 3. The molecule has 1 aliphatic rings. The van der Waals surface area contributed by atoms with Gasteiger partial charge in [0.05, 0.1) is 0 Å². The van der Waals surface area contributed by atoms with Gasteiger partial charge in [-0.25, -0.2) is 0 Å². The summed E-state index contributed by atoms with van der Waals surface area (Å²) in [5.41, 5.74) is -3.81. The number of Topliss-reactive ketones (excluding diaryl/α,β-unsaturated/α-hetero) is 5. The van der Waals surface area contributed by atoms with E-state index in [2.05, 4.69) is 0 Å². The Morgan fingerprint density at radius 2 is 1.13 bits per heavy atom. The topological polar surface area (TPSA) is 85.3 Å². The molecule has 128 valence electrons. The summed E-state index contributed by atoms with van der Waals surface area (Å²) in [5.74, 6) is -3.50. The van der Waals surface area contributed by atoms with Crippen LogP contribution in [0.4, 0.5) is 0 Å². The second kappa shape index (κ2) is 6.10. The molecule has 0 aliphatic heterocycles. The third-order valence-electron chi connectivity index (χ3n) is 4.96. The first-order valence-electron chi connectivity index (χ1n) is 8.00. The number of ketones is 5. The smallest absolute Gasteiger partial charge is 0.213 e. The molecule has 5 heteroatoms. The molecule has 0 radical (unpaired) electrons. The fraction of sp³-hybridized carbons (Fsp3) is 0.722. The van der Waals surface area contributed by atoms with Gasteiger partial charge in [0, 0.05) is 23.7 Å². The molecule has 1 rings (SSSR count). The maximum Gasteiger partial charge on any atom is 0.213 e. The van der Waals surface area contributed by atoms with E-state index in [1.54, 1.807) is 34.6 Å². The molecule has 0 aromatic rings. The Bertz CT molecular complexity index is 540. The largest absolute Gasteiger partial charge is 0.300 e. The summed E-state index contributed by atoms with van der Waals surface area (Å²) >= 11 is 0. The van der Waals surface area contributed by atoms with Crippen molar-refractivity contribution in [1.29, 1.82) is 0 Å². The highest BCUT2D eigenvalue weighted by Crippen LogP contribution is 2.40. The zero-order valence-corrected chi connectivity index (χ0v) is 14.9. The first-order valence-corrected chi connectivity index (χ1v) is 8.00. The predicted molar refractivity (Wildman–Crippen MR) is 84.8 cm³/mol. The second-order valence-electron chi connectivity index (χ2n) is 7.99. The lowest BCUT2D eigenvalue weighted by Gasteiger charge is -2.28. The van der Waals surface area contributed by atoms with Crippen molar-refractivity contribution in [2.45, 2.75) is 67.2 Å². The van der Waals surface area contributed by atoms with Gasteiger partial charge in [-0.2, -0.15) is 0 Å². The van der Waals surface area contributed by atoms with E-state index in [4.69, 9.17) is 0 Å².